The Morgan fingerprint density at radius 1 is 1.12 bits per heavy atom. The van der Waals surface area contributed by atoms with E-state index in [-0.39, 0.29) is 11.8 Å². The van der Waals surface area contributed by atoms with Crippen LogP contribution in [0.3, 0.4) is 0 Å². The molecule has 25 heavy (non-hydrogen) atoms. The molecule has 1 aromatic rings. The Balaban J connectivity index is 1.51. The lowest BCUT2D eigenvalue weighted by molar-refractivity contribution is -0.118. The predicted molar refractivity (Wildman–Crippen MR) is 101 cm³/mol. The van der Waals surface area contributed by atoms with Crippen molar-refractivity contribution in [3.8, 4) is 0 Å². The van der Waals surface area contributed by atoms with Crippen molar-refractivity contribution >= 4 is 23.2 Å². The van der Waals surface area contributed by atoms with Crippen LogP contribution in [-0.2, 0) is 9.59 Å². The first-order valence-corrected chi connectivity index (χ1v) is 9.54. The molecule has 0 atom stereocenters. The summed E-state index contributed by atoms with van der Waals surface area (Å²) in [7, 11) is 2.05. The fourth-order valence-corrected chi connectivity index (χ4v) is 3.90. The van der Waals surface area contributed by atoms with Crippen molar-refractivity contribution in [2.45, 2.75) is 57.4 Å². The smallest absolute Gasteiger partial charge is 0.238 e. The number of likely N-dealkylation sites (N-methyl/N-ethyl adjacent to an activating group) is 1. The number of hydrogen-bond acceptors (Lipinski definition) is 3. The van der Waals surface area contributed by atoms with E-state index in [0.717, 1.165) is 24.3 Å². The third-order valence-electron chi connectivity index (χ3n) is 5.38. The van der Waals surface area contributed by atoms with E-state index in [9.17, 15) is 9.59 Å². The quantitative estimate of drug-likeness (QED) is 0.834. The number of nitrogens with one attached hydrogen (secondary N) is 1. The second-order valence-corrected chi connectivity index (χ2v) is 7.30. The third kappa shape index (κ3) is 4.82. The Hall–Kier alpha value is -1.88. The van der Waals surface area contributed by atoms with Gasteiger partial charge in [-0.25, -0.2) is 0 Å². The van der Waals surface area contributed by atoms with E-state index in [0.29, 0.717) is 19.0 Å². The topological polar surface area (TPSA) is 52.7 Å². The fourth-order valence-electron chi connectivity index (χ4n) is 3.90. The largest absolute Gasteiger partial charge is 0.325 e. The highest BCUT2D eigenvalue weighted by atomic mass is 16.2. The number of benzene rings is 1. The van der Waals surface area contributed by atoms with Crippen molar-refractivity contribution in [3.63, 3.8) is 0 Å². The number of carbonyl (C=O) groups excluding carboxylic acids is 2. The predicted octanol–water partition coefficient (Wildman–Crippen LogP) is 3.41. The van der Waals surface area contributed by atoms with Crippen LogP contribution < -0.4 is 10.2 Å². The van der Waals surface area contributed by atoms with Gasteiger partial charge in [0.15, 0.2) is 0 Å². The summed E-state index contributed by atoms with van der Waals surface area (Å²) in [5, 5.41) is 2.97. The Morgan fingerprint density at radius 2 is 1.80 bits per heavy atom. The maximum absolute atomic E-state index is 12.3. The molecule has 1 aromatic carbocycles. The standard InChI is InChI=1S/C20H29N3O2/c1-22(17-7-4-2-3-5-8-17)15-19(24)21-16-10-12-18(13-11-16)23-14-6-9-20(23)25/h10-13,17H,2-9,14-15H2,1H3,(H,21,24). The maximum Gasteiger partial charge on any atom is 0.238 e. The zero-order valence-electron chi connectivity index (χ0n) is 15.2. The van der Waals surface area contributed by atoms with Crippen molar-refractivity contribution in [3.05, 3.63) is 24.3 Å². The first kappa shape index (κ1) is 17.9. The van der Waals surface area contributed by atoms with E-state index in [1.165, 1.54) is 38.5 Å². The molecule has 136 valence electrons. The highest BCUT2D eigenvalue weighted by molar-refractivity contribution is 5.96. The van der Waals surface area contributed by atoms with Gasteiger partial charge in [0, 0.05) is 30.4 Å². The van der Waals surface area contributed by atoms with Crippen LogP contribution in [0.4, 0.5) is 11.4 Å². The lowest BCUT2D eigenvalue weighted by Gasteiger charge is -2.26. The Labute approximate surface area is 150 Å². The van der Waals surface area contributed by atoms with Gasteiger partial charge in [-0.05, 0) is 50.6 Å². The first-order valence-electron chi connectivity index (χ1n) is 9.54. The summed E-state index contributed by atoms with van der Waals surface area (Å²) in [6.07, 6.45) is 9.13. The average molecular weight is 343 g/mol. The van der Waals surface area contributed by atoms with E-state index < -0.39 is 0 Å². The van der Waals surface area contributed by atoms with E-state index in [2.05, 4.69) is 17.3 Å². The summed E-state index contributed by atoms with van der Waals surface area (Å²) in [6, 6.07) is 8.10. The number of hydrogen-bond donors (Lipinski definition) is 1. The number of carbonyl (C=O) groups is 2. The summed E-state index contributed by atoms with van der Waals surface area (Å²) in [5.41, 5.74) is 1.70. The minimum Gasteiger partial charge on any atom is -0.325 e. The molecule has 1 saturated carbocycles. The normalized spacial score (nSPS) is 19.3. The highest BCUT2D eigenvalue weighted by Crippen LogP contribution is 2.23. The van der Waals surface area contributed by atoms with Crippen molar-refractivity contribution in [1.29, 1.82) is 0 Å². The zero-order chi connectivity index (χ0) is 17.6. The van der Waals surface area contributed by atoms with Gasteiger partial charge in [-0.15, -0.1) is 0 Å². The van der Waals surface area contributed by atoms with Crippen molar-refractivity contribution < 1.29 is 9.59 Å². The third-order valence-corrected chi connectivity index (χ3v) is 5.38. The van der Waals surface area contributed by atoms with Gasteiger partial charge < -0.3 is 10.2 Å². The highest BCUT2D eigenvalue weighted by Gasteiger charge is 2.22. The van der Waals surface area contributed by atoms with Gasteiger partial charge >= 0.3 is 0 Å². The SMILES string of the molecule is CN(CC(=O)Nc1ccc(N2CCCC2=O)cc1)C1CCCCCC1. The number of rotatable bonds is 5. The Bertz CT molecular complexity index is 591. The minimum atomic E-state index is 0.0248. The lowest BCUT2D eigenvalue weighted by Crippen LogP contribution is -2.37. The van der Waals surface area contributed by atoms with Crippen LogP contribution in [0.5, 0.6) is 0 Å². The molecule has 1 saturated heterocycles. The monoisotopic (exact) mass is 343 g/mol. The molecule has 2 fully saturated rings. The molecule has 2 aliphatic rings. The molecule has 1 heterocycles. The van der Waals surface area contributed by atoms with E-state index in [4.69, 9.17) is 0 Å². The molecular weight excluding hydrogens is 314 g/mol. The molecule has 0 bridgehead atoms. The lowest BCUT2D eigenvalue weighted by atomic mass is 10.1. The molecule has 5 heteroatoms. The van der Waals surface area contributed by atoms with Crippen LogP contribution in [0.15, 0.2) is 24.3 Å². The summed E-state index contributed by atoms with van der Waals surface area (Å²) in [5.74, 6) is 0.207. The van der Waals surface area contributed by atoms with E-state index >= 15 is 0 Å². The summed E-state index contributed by atoms with van der Waals surface area (Å²) in [6.45, 7) is 1.22. The number of nitrogens with zero attached hydrogens (tertiary/aromatic N) is 2. The molecule has 1 aliphatic heterocycles. The molecule has 0 spiro atoms. The number of amides is 2. The molecule has 0 aromatic heterocycles. The molecule has 2 amide bonds. The summed E-state index contributed by atoms with van der Waals surface area (Å²) in [4.78, 5) is 28.1. The summed E-state index contributed by atoms with van der Waals surface area (Å²) >= 11 is 0. The first-order chi connectivity index (χ1) is 12.1. The van der Waals surface area contributed by atoms with E-state index in [1.807, 2.05) is 29.2 Å². The second kappa shape index (κ2) is 8.48. The minimum absolute atomic E-state index is 0.0248. The van der Waals surface area contributed by atoms with Gasteiger partial charge in [-0.2, -0.15) is 0 Å². The van der Waals surface area contributed by atoms with Gasteiger partial charge in [-0.3, -0.25) is 14.5 Å². The van der Waals surface area contributed by atoms with Crippen molar-refractivity contribution in [1.82, 2.24) is 4.90 Å². The van der Waals surface area contributed by atoms with Crippen LogP contribution in [0.2, 0.25) is 0 Å². The molecule has 0 radical (unpaired) electrons. The molecule has 1 aliphatic carbocycles. The van der Waals surface area contributed by atoms with Gasteiger partial charge in [0.05, 0.1) is 6.54 Å². The van der Waals surface area contributed by atoms with Gasteiger partial charge in [0.2, 0.25) is 11.8 Å². The van der Waals surface area contributed by atoms with Crippen molar-refractivity contribution in [2.75, 3.05) is 30.4 Å². The van der Waals surface area contributed by atoms with Crippen LogP contribution in [0.25, 0.3) is 0 Å². The zero-order valence-corrected chi connectivity index (χ0v) is 15.2. The van der Waals surface area contributed by atoms with Crippen LogP contribution >= 0.6 is 0 Å². The molecular formula is C20H29N3O2. The Kier molecular flexibility index (Phi) is 6.08. The van der Waals surface area contributed by atoms with Crippen molar-refractivity contribution in [2.24, 2.45) is 0 Å². The van der Waals surface area contributed by atoms with Gasteiger partial charge in [0.1, 0.15) is 0 Å². The molecule has 3 rings (SSSR count). The van der Waals surface area contributed by atoms with Gasteiger partial charge in [0.25, 0.3) is 0 Å². The Morgan fingerprint density at radius 3 is 2.40 bits per heavy atom. The van der Waals surface area contributed by atoms with Crippen LogP contribution in [-0.4, -0.2) is 42.9 Å². The van der Waals surface area contributed by atoms with Crippen LogP contribution in [0.1, 0.15) is 51.4 Å². The molecule has 0 unspecified atom stereocenters. The second-order valence-electron chi connectivity index (χ2n) is 7.30. The fraction of sp³-hybridized carbons (Fsp3) is 0.600. The van der Waals surface area contributed by atoms with Crippen LogP contribution in [0, 0.1) is 0 Å². The van der Waals surface area contributed by atoms with E-state index in [1.54, 1.807) is 0 Å². The summed E-state index contributed by atoms with van der Waals surface area (Å²) < 4.78 is 0. The average Bonchev–Trinajstić information content (AvgIpc) is 2.85. The molecule has 1 N–H and O–H groups in total. The maximum atomic E-state index is 12.3. The molecule has 5 nitrogen and oxygen atoms in total. The number of anilines is 2. The van der Waals surface area contributed by atoms with Gasteiger partial charge in [-0.1, -0.05) is 25.7 Å².